The Morgan fingerprint density at radius 1 is 1.09 bits per heavy atom. The van der Waals surface area contributed by atoms with Crippen molar-refractivity contribution in [2.75, 3.05) is 46.5 Å². The molecule has 1 saturated heterocycles. The third-order valence-corrected chi connectivity index (χ3v) is 7.40. The fraction of sp³-hybridized carbons (Fsp3) is 0.750. The van der Waals surface area contributed by atoms with Gasteiger partial charge in [0.15, 0.2) is 0 Å². The van der Waals surface area contributed by atoms with Crippen molar-refractivity contribution in [1.29, 1.82) is 0 Å². The van der Waals surface area contributed by atoms with Crippen molar-refractivity contribution < 1.29 is 14.3 Å². The molecular formula is C28H47N3O3. The van der Waals surface area contributed by atoms with Crippen LogP contribution in [0, 0.1) is 11.8 Å². The summed E-state index contributed by atoms with van der Waals surface area (Å²) in [7, 11) is 1.73. The standard InChI is InChI=1S/C28H47N3O3/c1-3-29-21-26(20-23-12-6-4-7-13-23)30-28(32)31-17-10-16-25(22-31)27(34-19-11-18-33-2)24-14-8-5-9-15-24/h5,8-9,14-15,23,25-27,29H,3-4,6-7,10-13,16-22H2,1-2H3,(H,30,32)/t25-,26+,27?/m1/s1. The predicted octanol–water partition coefficient (Wildman–Crippen LogP) is 5.15. The molecule has 0 bridgehead atoms. The molecule has 1 saturated carbocycles. The van der Waals surface area contributed by atoms with E-state index in [0.29, 0.717) is 19.1 Å². The topological polar surface area (TPSA) is 62.8 Å². The molecule has 3 rings (SSSR count). The second kappa shape index (κ2) is 15.4. The number of piperidine rings is 1. The van der Waals surface area contributed by atoms with Crippen LogP contribution in [0.2, 0.25) is 0 Å². The van der Waals surface area contributed by atoms with Gasteiger partial charge < -0.3 is 25.0 Å². The van der Waals surface area contributed by atoms with Crippen molar-refractivity contribution in [2.24, 2.45) is 11.8 Å². The van der Waals surface area contributed by atoms with Gasteiger partial charge in [-0.25, -0.2) is 4.79 Å². The number of ether oxygens (including phenoxy) is 2. The van der Waals surface area contributed by atoms with E-state index in [-0.39, 0.29) is 18.2 Å². The van der Waals surface area contributed by atoms with Crippen LogP contribution in [0.4, 0.5) is 4.79 Å². The molecule has 34 heavy (non-hydrogen) atoms. The van der Waals surface area contributed by atoms with Crippen molar-refractivity contribution in [3.8, 4) is 0 Å². The molecule has 6 nitrogen and oxygen atoms in total. The fourth-order valence-electron chi connectivity index (χ4n) is 5.61. The first kappa shape index (κ1) is 27.0. The number of hydrogen-bond donors (Lipinski definition) is 2. The quantitative estimate of drug-likeness (QED) is 0.389. The summed E-state index contributed by atoms with van der Waals surface area (Å²) in [6, 6.07) is 10.8. The second-order valence-electron chi connectivity index (χ2n) is 10.1. The van der Waals surface area contributed by atoms with Crippen molar-refractivity contribution in [2.45, 2.75) is 76.9 Å². The van der Waals surface area contributed by atoms with Gasteiger partial charge in [-0.1, -0.05) is 69.4 Å². The summed E-state index contributed by atoms with van der Waals surface area (Å²) in [5.41, 5.74) is 1.20. The molecule has 1 aliphatic heterocycles. The van der Waals surface area contributed by atoms with E-state index < -0.39 is 0 Å². The summed E-state index contributed by atoms with van der Waals surface area (Å²) in [5, 5.41) is 6.86. The number of amides is 2. The number of nitrogens with zero attached hydrogens (tertiary/aromatic N) is 1. The Hall–Kier alpha value is -1.63. The zero-order chi connectivity index (χ0) is 24.0. The van der Waals surface area contributed by atoms with Crippen LogP contribution in [0.3, 0.4) is 0 Å². The van der Waals surface area contributed by atoms with E-state index >= 15 is 0 Å². The van der Waals surface area contributed by atoms with E-state index in [1.165, 1.54) is 37.7 Å². The molecule has 192 valence electrons. The highest BCUT2D eigenvalue weighted by Gasteiger charge is 2.32. The number of methoxy groups -OCH3 is 1. The van der Waals surface area contributed by atoms with Crippen LogP contribution in [0.1, 0.15) is 76.4 Å². The molecule has 1 heterocycles. The molecule has 1 aromatic carbocycles. The largest absolute Gasteiger partial charge is 0.385 e. The molecule has 1 aromatic rings. The highest BCUT2D eigenvalue weighted by atomic mass is 16.5. The summed E-state index contributed by atoms with van der Waals surface area (Å²) in [5.74, 6) is 1.05. The maximum absolute atomic E-state index is 13.3. The van der Waals surface area contributed by atoms with Crippen LogP contribution in [-0.4, -0.2) is 63.5 Å². The number of carbonyl (C=O) groups is 1. The summed E-state index contributed by atoms with van der Waals surface area (Å²) in [4.78, 5) is 15.4. The Bertz CT molecular complexity index is 681. The smallest absolute Gasteiger partial charge is 0.317 e. The first-order chi connectivity index (χ1) is 16.7. The molecule has 3 atom stereocenters. The monoisotopic (exact) mass is 473 g/mol. The molecule has 2 N–H and O–H groups in total. The number of likely N-dealkylation sites (N-methyl/N-ethyl adjacent to an activating group) is 1. The maximum atomic E-state index is 13.3. The van der Waals surface area contributed by atoms with Gasteiger partial charge in [0.25, 0.3) is 0 Å². The molecule has 6 heteroatoms. The first-order valence-electron chi connectivity index (χ1n) is 13.6. The van der Waals surface area contributed by atoms with Gasteiger partial charge >= 0.3 is 6.03 Å². The first-order valence-corrected chi connectivity index (χ1v) is 13.6. The number of nitrogens with one attached hydrogen (secondary N) is 2. The Balaban J connectivity index is 1.60. The van der Waals surface area contributed by atoms with Crippen LogP contribution in [-0.2, 0) is 9.47 Å². The Labute approximate surface area is 207 Å². The molecule has 0 spiro atoms. The maximum Gasteiger partial charge on any atom is 0.317 e. The SMILES string of the molecule is CCNC[C@H](CC1CCCCC1)NC(=O)N1CCC[C@@H](C(OCCCOC)c2ccccc2)C1. The van der Waals surface area contributed by atoms with E-state index in [9.17, 15) is 4.79 Å². The molecule has 0 aromatic heterocycles. The van der Waals surface area contributed by atoms with Crippen LogP contribution < -0.4 is 10.6 Å². The van der Waals surface area contributed by atoms with Gasteiger partial charge in [-0.2, -0.15) is 0 Å². The summed E-state index contributed by atoms with van der Waals surface area (Å²) in [6.07, 6.45) is 10.7. The van der Waals surface area contributed by atoms with Gasteiger partial charge in [0.1, 0.15) is 0 Å². The zero-order valence-corrected chi connectivity index (χ0v) is 21.5. The summed E-state index contributed by atoms with van der Waals surface area (Å²) in [6.45, 7) is 6.85. The van der Waals surface area contributed by atoms with Gasteiger partial charge in [0, 0.05) is 51.9 Å². The van der Waals surface area contributed by atoms with Gasteiger partial charge in [-0.05, 0) is 43.7 Å². The lowest BCUT2D eigenvalue weighted by atomic mass is 9.84. The average molecular weight is 474 g/mol. The molecule has 2 fully saturated rings. The summed E-state index contributed by atoms with van der Waals surface area (Å²) >= 11 is 0. The Morgan fingerprint density at radius 2 is 1.88 bits per heavy atom. The lowest BCUT2D eigenvalue weighted by Gasteiger charge is -2.38. The lowest BCUT2D eigenvalue weighted by Crippen LogP contribution is -2.52. The van der Waals surface area contributed by atoms with E-state index in [1.807, 2.05) is 11.0 Å². The van der Waals surface area contributed by atoms with E-state index in [4.69, 9.17) is 9.47 Å². The lowest BCUT2D eigenvalue weighted by molar-refractivity contribution is -0.0168. The molecule has 2 amide bonds. The van der Waals surface area contributed by atoms with Crippen molar-refractivity contribution in [3.05, 3.63) is 35.9 Å². The second-order valence-corrected chi connectivity index (χ2v) is 10.1. The van der Waals surface area contributed by atoms with E-state index in [1.54, 1.807) is 7.11 Å². The number of benzene rings is 1. The number of carbonyl (C=O) groups excluding carboxylic acids is 1. The van der Waals surface area contributed by atoms with Gasteiger partial charge in [0.2, 0.25) is 0 Å². The molecule has 2 aliphatic rings. The van der Waals surface area contributed by atoms with E-state index in [2.05, 4.69) is 41.8 Å². The number of hydrogen-bond acceptors (Lipinski definition) is 4. The van der Waals surface area contributed by atoms with Crippen molar-refractivity contribution in [1.82, 2.24) is 15.5 Å². The molecule has 1 aliphatic carbocycles. The fourth-order valence-corrected chi connectivity index (χ4v) is 5.61. The normalized spacial score (nSPS) is 21.2. The van der Waals surface area contributed by atoms with Gasteiger partial charge in [-0.15, -0.1) is 0 Å². The minimum Gasteiger partial charge on any atom is -0.385 e. The van der Waals surface area contributed by atoms with Crippen LogP contribution in [0.25, 0.3) is 0 Å². The molecule has 0 radical (unpaired) electrons. The van der Waals surface area contributed by atoms with Crippen LogP contribution >= 0.6 is 0 Å². The third-order valence-electron chi connectivity index (χ3n) is 7.40. The van der Waals surface area contributed by atoms with Crippen molar-refractivity contribution in [3.63, 3.8) is 0 Å². The van der Waals surface area contributed by atoms with Crippen LogP contribution in [0.5, 0.6) is 0 Å². The predicted molar refractivity (Wildman–Crippen MR) is 138 cm³/mol. The van der Waals surface area contributed by atoms with E-state index in [0.717, 1.165) is 57.8 Å². The van der Waals surface area contributed by atoms with Crippen LogP contribution in [0.15, 0.2) is 30.3 Å². The number of likely N-dealkylation sites (tertiary alicyclic amines) is 1. The number of urea groups is 1. The van der Waals surface area contributed by atoms with Crippen molar-refractivity contribution >= 4 is 6.03 Å². The minimum absolute atomic E-state index is 0.00782. The molecular weight excluding hydrogens is 426 g/mol. The average Bonchev–Trinajstić information content (AvgIpc) is 2.88. The highest BCUT2D eigenvalue weighted by Crippen LogP contribution is 2.33. The van der Waals surface area contributed by atoms with Gasteiger partial charge in [0.05, 0.1) is 6.10 Å². The molecule has 1 unspecified atom stereocenters. The zero-order valence-electron chi connectivity index (χ0n) is 21.5. The summed E-state index contributed by atoms with van der Waals surface area (Å²) < 4.78 is 11.6. The Kier molecular flexibility index (Phi) is 12.2. The highest BCUT2D eigenvalue weighted by molar-refractivity contribution is 5.74. The third kappa shape index (κ3) is 8.86. The number of rotatable bonds is 13. The minimum atomic E-state index is 0.00782. The Morgan fingerprint density at radius 3 is 2.62 bits per heavy atom. The van der Waals surface area contributed by atoms with Gasteiger partial charge in [-0.3, -0.25) is 0 Å².